The number of aliphatic hydroxyl groups is 1. The van der Waals surface area contributed by atoms with Crippen LogP contribution >= 0.6 is 0 Å². The Hall–Kier alpha value is -3.54. The van der Waals surface area contributed by atoms with E-state index in [1.165, 1.54) is 12.1 Å². The number of para-hydroxylation sites is 4. The maximum atomic E-state index is 13.7. The number of benzene rings is 3. The summed E-state index contributed by atoms with van der Waals surface area (Å²) in [4.78, 5) is 12.8. The zero-order valence-corrected chi connectivity index (χ0v) is 21.2. The molecule has 0 spiro atoms. The number of halogens is 2. The first kappa shape index (κ1) is 26.1. The van der Waals surface area contributed by atoms with E-state index in [2.05, 4.69) is 9.46 Å². The van der Waals surface area contributed by atoms with E-state index >= 15 is 0 Å². The van der Waals surface area contributed by atoms with Crippen molar-refractivity contribution in [1.29, 1.82) is 0 Å². The second-order valence-corrected chi connectivity index (χ2v) is 11.0. The van der Waals surface area contributed by atoms with Crippen molar-refractivity contribution in [3.05, 3.63) is 72.8 Å². The Bertz CT molecular complexity index is 1420. The van der Waals surface area contributed by atoms with Crippen molar-refractivity contribution in [2.24, 2.45) is 0 Å². The second kappa shape index (κ2) is 9.97. The SMILES string of the molecule is CC(=O)C(F)(F)Oc1cccc(S(=O)(=O)N[C@@H]2CCC[C@H](N3c4ccccc4Oc4ccccc43)[C@H]2O)c1. The topological polar surface area (TPSA) is 105 Å². The number of ketones is 1. The van der Waals surface area contributed by atoms with Crippen molar-refractivity contribution in [1.82, 2.24) is 4.72 Å². The molecule has 8 nitrogen and oxygen atoms in total. The smallest absolute Gasteiger partial charge is 0.453 e. The van der Waals surface area contributed by atoms with Crippen LogP contribution in [-0.2, 0) is 14.8 Å². The van der Waals surface area contributed by atoms with Crippen molar-refractivity contribution in [2.45, 2.75) is 55.4 Å². The lowest BCUT2D eigenvalue weighted by molar-refractivity contribution is -0.188. The van der Waals surface area contributed by atoms with Gasteiger partial charge >= 0.3 is 6.11 Å². The number of carbonyl (C=O) groups excluding carboxylic acids is 1. The van der Waals surface area contributed by atoms with Gasteiger partial charge in [0.05, 0.1) is 34.5 Å². The van der Waals surface area contributed by atoms with Gasteiger partial charge in [-0.2, -0.15) is 8.78 Å². The Kier molecular flexibility index (Phi) is 6.84. The van der Waals surface area contributed by atoms with Gasteiger partial charge in [0.2, 0.25) is 15.8 Å². The van der Waals surface area contributed by atoms with Crippen LogP contribution in [0.3, 0.4) is 0 Å². The largest absolute Gasteiger partial charge is 0.460 e. The van der Waals surface area contributed by atoms with Crippen LogP contribution in [0.4, 0.5) is 20.2 Å². The highest BCUT2D eigenvalue weighted by atomic mass is 32.2. The van der Waals surface area contributed by atoms with Gasteiger partial charge in [-0.15, -0.1) is 0 Å². The van der Waals surface area contributed by atoms with Gasteiger partial charge in [-0.1, -0.05) is 30.3 Å². The van der Waals surface area contributed by atoms with Gasteiger partial charge in [-0.3, -0.25) is 4.79 Å². The van der Waals surface area contributed by atoms with Gasteiger partial charge in [0, 0.05) is 13.0 Å². The number of carbonyl (C=O) groups is 1. The van der Waals surface area contributed by atoms with Crippen LogP contribution in [0.1, 0.15) is 26.2 Å². The molecule has 3 aromatic carbocycles. The predicted molar refractivity (Wildman–Crippen MR) is 136 cm³/mol. The third-order valence-electron chi connectivity index (χ3n) is 6.70. The van der Waals surface area contributed by atoms with Gasteiger partial charge in [-0.25, -0.2) is 13.1 Å². The van der Waals surface area contributed by atoms with Crippen molar-refractivity contribution in [3.63, 3.8) is 0 Å². The Labute approximate surface area is 218 Å². The molecule has 2 aliphatic rings. The molecular formula is C27H26F2N2O6S. The highest BCUT2D eigenvalue weighted by Crippen LogP contribution is 2.49. The minimum atomic E-state index is -4.23. The summed E-state index contributed by atoms with van der Waals surface area (Å²) in [5.41, 5.74) is 1.52. The average molecular weight is 545 g/mol. The fourth-order valence-corrected chi connectivity index (χ4v) is 6.17. The Morgan fingerprint density at radius 2 is 1.66 bits per heavy atom. The molecule has 1 aliphatic carbocycles. The van der Waals surface area contributed by atoms with Gasteiger partial charge in [0.25, 0.3) is 0 Å². The Morgan fingerprint density at radius 3 is 2.29 bits per heavy atom. The van der Waals surface area contributed by atoms with E-state index in [4.69, 9.17) is 4.74 Å². The summed E-state index contributed by atoms with van der Waals surface area (Å²) in [5.74, 6) is -0.733. The van der Waals surface area contributed by atoms with Crippen LogP contribution in [0.15, 0.2) is 77.7 Å². The van der Waals surface area contributed by atoms with Gasteiger partial charge in [0.1, 0.15) is 5.75 Å². The number of rotatable bonds is 7. The zero-order valence-electron chi connectivity index (χ0n) is 20.4. The first-order chi connectivity index (χ1) is 18.1. The molecule has 0 radical (unpaired) electrons. The molecule has 0 aromatic heterocycles. The molecule has 1 heterocycles. The number of nitrogens with zero attached hydrogens (tertiary/aromatic N) is 1. The van der Waals surface area contributed by atoms with Crippen LogP contribution in [0, 0.1) is 0 Å². The number of aliphatic hydroxyl groups excluding tert-OH is 1. The molecule has 1 aliphatic heterocycles. The molecule has 0 amide bonds. The third-order valence-corrected chi connectivity index (χ3v) is 8.19. The summed E-state index contributed by atoms with van der Waals surface area (Å²) in [7, 11) is -4.23. The minimum Gasteiger partial charge on any atom is -0.453 e. The quantitative estimate of drug-likeness (QED) is 0.442. The van der Waals surface area contributed by atoms with E-state index in [0.29, 0.717) is 37.7 Å². The molecule has 0 bridgehead atoms. The molecule has 1 fully saturated rings. The summed E-state index contributed by atoms with van der Waals surface area (Å²) in [5, 5.41) is 11.4. The molecule has 0 saturated heterocycles. The molecule has 38 heavy (non-hydrogen) atoms. The summed E-state index contributed by atoms with van der Waals surface area (Å²) < 4.78 is 66.9. The first-order valence-corrected chi connectivity index (χ1v) is 13.6. The van der Waals surface area contributed by atoms with E-state index in [0.717, 1.165) is 23.5 Å². The maximum absolute atomic E-state index is 13.7. The summed E-state index contributed by atoms with van der Waals surface area (Å²) in [6, 6.07) is 18.1. The van der Waals surface area contributed by atoms with Crippen LogP contribution in [0.25, 0.3) is 0 Å². The molecular weight excluding hydrogens is 518 g/mol. The number of ether oxygens (including phenoxy) is 2. The summed E-state index contributed by atoms with van der Waals surface area (Å²) in [6.45, 7) is 0.675. The van der Waals surface area contributed by atoms with Crippen molar-refractivity contribution < 1.29 is 36.6 Å². The van der Waals surface area contributed by atoms with E-state index in [1.807, 2.05) is 53.4 Å². The van der Waals surface area contributed by atoms with E-state index in [-0.39, 0.29) is 4.90 Å². The summed E-state index contributed by atoms with van der Waals surface area (Å²) in [6.07, 6.45) is -3.58. The summed E-state index contributed by atoms with van der Waals surface area (Å²) >= 11 is 0. The van der Waals surface area contributed by atoms with E-state index in [1.54, 1.807) is 0 Å². The average Bonchev–Trinajstić information content (AvgIpc) is 2.88. The van der Waals surface area contributed by atoms with Crippen LogP contribution in [-0.4, -0.2) is 43.6 Å². The van der Waals surface area contributed by atoms with Gasteiger partial charge in [-0.05, 0) is 55.7 Å². The van der Waals surface area contributed by atoms with Crippen molar-refractivity contribution >= 4 is 27.2 Å². The molecule has 0 unspecified atom stereocenters. The predicted octanol–water partition coefficient (Wildman–Crippen LogP) is 4.75. The number of hydrogen-bond donors (Lipinski definition) is 2. The zero-order chi connectivity index (χ0) is 27.1. The monoisotopic (exact) mass is 544 g/mol. The molecule has 1 saturated carbocycles. The van der Waals surface area contributed by atoms with Gasteiger partial charge < -0.3 is 19.5 Å². The third kappa shape index (κ3) is 4.96. The van der Waals surface area contributed by atoms with E-state index < -0.39 is 45.9 Å². The number of Topliss-reactive ketones (excluding diaryl/α,β-unsaturated/α-hetero) is 1. The molecule has 3 aromatic rings. The molecule has 2 N–H and O–H groups in total. The Balaban J connectivity index is 1.40. The molecule has 11 heteroatoms. The standard InChI is InChI=1S/C27H26F2N2O6S/c1-17(32)27(28,29)37-18-8-6-9-19(16-18)38(34,35)30-20-10-7-13-23(26(20)33)31-21-11-2-4-14-24(21)36-25-15-5-3-12-22(25)31/h2-6,8-9,11-12,14-16,20,23,26,30,33H,7,10,13H2,1H3/t20-,23+,26+/m1/s1. The number of sulfonamides is 1. The molecule has 3 atom stereocenters. The normalized spacial score (nSPS) is 21.2. The minimum absolute atomic E-state index is 0.328. The van der Waals surface area contributed by atoms with E-state index in [9.17, 15) is 27.1 Å². The number of hydrogen-bond acceptors (Lipinski definition) is 7. The fraction of sp³-hybridized carbons (Fsp3) is 0.296. The highest BCUT2D eigenvalue weighted by molar-refractivity contribution is 7.89. The second-order valence-electron chi connectivity index (χ2n) is 9.27. The first-order valence-electron chi connectivity index (χ1n) is 12.1. The van der Waals surface area contributed by atoms with Crippen molar-refractivity contribution in [2.75, 3.05) is 4.90 Å². The van der Waals surface area contributed by atoms with Crippen LogP contribution < -0.4 is 19.1 Å². The van der Waals surface area contributed by atoms with Gasteiger partial charge in [0.15, 0.2) is 11.5 Å². The molecule has 200 valence electrons. The van der Waals surface area contributed by atoms with Crippen LogP contribution in [0.2, 0.25) is 0 Å². The molecule has 5 rings (SSSR count). The number of alkyl halides is 2. The number of nitrogens with one attached hydrogen (secondary N) is 1. The number of fused-ring (bicyclic) bond motifs is 2. The fourth-order valence-electron chi connectivity index (χ4n) is 4.85. The maximum Gasteiger partial charge on any atom is 0.460 e. The lowest BCUT2D eigenvalue weighted by Gasteiger charge is -2.44. The number of anilines is 2. The highest BCUT2D eigenvalue weighted by Gasteiger charge is 2.41. The lowest BCUT2D eigenvalue weighted by atomic mass is 9.86. The van der Waals surface area contributed by atoms with Crippen LogP contribution in [0.5, 0.6) is 17.2 Å². The lowest BCUT2D eigenvalue weighted by Crippen LogP contribution is -2.56. The Morgan fingerprint density at radius 1 is 1.03 bits per heavy atom. The van der Waals surface area contributed by atoms with Crippen molar-refractivity contribution in [3.8, 4) is 17.2 Å².